The van der Waals surface area contributed by atoms with E-state index in [0.717, 1.165) is 30.7 Å². The molecule has 0 spiro atoms. The van der Waals surface area contributed by atoms with Crippen molar-refractivity contribution in [2.45, 2.75) is 49.9 Å². The quantitative estimate of drug-likeness (QED) is 0.551. The maximum absolute atomic E-state index is 4.89. The number of likely N-dealkylation sites (N-methyl/N-ethyl adjacent to an activating group) is 1. The van der Waals surface area contributed by atoms with Gasteiger partial charge in [-0.25, -0.2) is 0 Å². The predicted molar refractivity (Wildman–Crippen MR) is 112 cm³/mol. The van der Waals surface area contributed by atoms with Gasteiger partial charge in [0.1, 0.15) is 0 Å². The van der Waals surface area contributed by atoms with Gasteiger partial charge in [-0.05, 0) is 58.5 Å². The lowest BCUT2D eigenvalue weighted by molar-refractivity contribution is 0.298. The van der Waals surface area contributed by atoms with Crippen LogP contribution in [-0.2, 0) is 6.42 Å². The van der Waals surface area contributed by atoms with E-state index in [4.69, 9.17) is 4.99 Å². The number of thioether (sulfide) groups is 1. The van der Waals surface area contributed by atoms with Crippen molar-refractivity contribution in [1.82, 2.24) is 15.5 Å². The summed E-state index contributed by atoms with van der Waals surface area (Å²) < 4.78 is 0. The van der Waals surface area contributed by atoms with Gasteiger partial charge in [0.15, 0.2) is 5.96 Å². The number of nitrogens with zero attached hydrogens (tertiary/aromatic N) is 2. The summed E-state index contributed by atoms with van der Waals surface area (Å²) in [6, 6.07) is 11.7. The van der Waals surface area contributed by atoms with Gasteiger partial charge in [-0.1, -0.05) is 30.3 Å². The monoisotopic (exact) mass is 362 g/mol. The van der Waals surface area contributed by atoms with Gasteiger partial charge in [-0.3, -0.25) is 4.99 Å². The third-order valence-electron chi connectivity index (χ3n) is 4.91. The van der Waals surface area contributed by atoms with Crippen molar-refractivity contribution < 1.29 is 0 Å². The number of hydrogen-bond acceptors (Lipinski definition) is 3. The van der Waals surface area contributed by atoms with E-state index in [9.17, 15) is 0 Å². The largest absolute Gasteiger partial charge is 0.357 e. The summed E-state index contributed by atoms with van der Waals surface area (Å²) in [5, 5.41) is 7.86. The highest BCUT2D eigenvalue weighted by Crippen LogP contribution is 2.28. The number of nitrogens with one attached hydrogen (secondary N) is 2. The van der Waals surface area contributed by atoms with Gasteiger partial charge in [-0.2, -0.15) is 11.8 Å². The average molecular weight is 363 g/mol. The number of guanidine groups is 1. The van der Waals surface area contributed by atoms with Crippen LogP contribution in [0.3, 0.4) is 0 Å². The van der Waals surface area contributed by atoms with Crippen LogP contribution in [0.2, 0.25) is 0 Å². The second-order valence-electron chi connectivity index (χ2n) is 7.04. The molecule has 1 aromatic carbocycles. The fourth-order valence-corrected chi connectivity index (χ4v) is 4.09. The highest BCUT2D eigenvalue weighted by molar-refractivity contribution is 7.99. The van der Waals surface area contributed by atoms with E-state index in [1.807, 2.05) is 11.8 Å². The van der Waals surface area contributed by atoms with Crippen LogP contribution >= 0.6 is 11.8 Å². The third-order valence-corrected chi connectivity index (χ3v) is 6.00. The predicted octanol–water partition coefficient (Wildman–Crippen LogP) is 3.00. The number of hydrogen-bond donors (Lipinski definition) is 2. The lowest BCUT2D eigenvalue weighted by atomic mass is 10.1. The molecule has 0 aliphatic heterocycles. The Bertz CT molecular complexity index is 518. The van der Waals surface area contributed by atoms with Gasteiger partial charge < -0.3 is 15.5 Å². The van der Waals surface area contributed by atoms with Crippen LogP contribution in [0.1, 0.15) is 31.7 Å². The molecule has 3 atom stereocenters. The molecule has 0 heterocycles. The molecule has 0 bridgehead atoms. The van der Waals surface area contributed by atoms with E-state index in [0.29, 0.717) is 12.1 Å². The minimum absolute atomic E-state index is 0.403. The molecule has 5 heteroatoms. The molecule has 0 amide bonds. The molecule has 0 radical (unpaired) electrons. The van der Waals surface area contributed by atoms with Gasteiger partial charge in [0.05, 0.1) is 6.54 Å². The summed E-state index contributed by atoms with van der Waals surface area (Å²) in [4.78, 5) is 7.17. The molecular weight excluding hydrogens is 328 g/mol. The van der Waals surface area contributed by atoms with Gasteiger partial charge in [0.25, 0.3) is 0 Å². The average Bonchev–Trinajstić information content (AvgIpc) is 3.07. The maximum atomic E-state index is 4.89. The highest BCUT2D eigenvalue weighted by atomic mass is 32.2. The summed E-state index contributed by atoms with van der Waals surface area (Å²) in [6.07, 6.45) is 7.04. The Kier molecular flexibility index (Phi) is 8.62. The zero-order chi connectivity index (χ0) is 18.1. The SMILES string of the molecule is CCNC(=NCC(Cc1ccccc1)N(C)C)NC1CCC(SC)C1. The smallest absolute Gasteiger partial charge is 0.191 e. The van der Waals surface area contributed by atoms with Crippen molar-refractivity contribution in [3.05, 3.63) is 35.9 Å². The van der Waals surface area contributed by atoms with E-state index < -0.39 is 0 Å². The Morgan fingerprint density at radius 3 is 2.64 bits per heavy atom. The first kappa shape index (κ1) is 20.1. The van der Waals surface area contributed by atoms with E-state index in [1.165, 1.54) is 24.8 Å². The fraction of sp³-hybridized carbons (Fsp3) is 0.650. The van der Waals surface area contributed by atoms with Crippen molar-refractivity contribution in [1.29, 1.82) is 0 Å². The summed E-state index contributed by atoms with van der Waals surface area (Å²) >= 11 is 1.99. The van der Waals surface area contributed by atoms with E-state index in [2.05, 4.69) is 73.1 Å². The Morgan fingerprint density at radius 1 is 1.28 bits per heavy atom. The Labute approximate surface area is 157 Å². The molecule has 1 aliphatic rings. The zero-order valence-electron chi connectivity index (χ0n) is 16.2. The van der Waals surface area contributed by atoms with Crippen molar-refractivity contribution >= 4 is 17.7 Å². The molecule has 1 fully saturated rings. The number of rotatable bonds is 8. The Hall–Kier alpha value is -1.20. The van der Waals surface area contributed by atoms with Crippen LogP contribution < -0.4 is 10.6 Å². The molecule has 1 aromatic rings. The van der Waals surface area contributed by atoms with Crippen LogP contribution in [0.25, 0.3) is 0 Å². The number of aliphatic imine (C=N–C) groups is 1. The molecule has 4 nitrogen and oxygen atoms in total. The van der Waals surface area contributed by atoms with Gasteiger partial charge in [0.2, 0.25) is 0 Å². The third kappa shape index (κ3) is 6.90. The fourth-order valence-electron chi connectivity index (χ4n) is 3.29. The maximum Gasteiger partial charge on any atom is 0.191 e. The molecule has 1 aliphatic carbocycles. The normalized spacial score (nSPS) is 22.2. The van der Waals surface area contributed by atoms with Crippen LogP contribution in [0.4, 0.5) is 0 Å². The van der Waals surface area contributed by atoms with E-state index in [1.54, 1.807) is 0 Å². The van der Waals surface area contributed by atoms with Crippen molar-refractivity contribution in [3.63, 3.8) is 0 Å². The van der Waals surface area contributed by atoms with Crippen molar-refractivity contribution in [3.8, 4) is 0 Å². The Balaban J connectivity index is 1.94. The zero-order valence-corrected chi connectivity index (χ0v) is 17.0. The lowest BCUT2D eigenvalue weighted by Crippen LogP contribution is -2.43. The Morgan fingerprint density at radius 2 is 2.04 bits per heavy atom. The molecular formula is C20H34N4S. The molecule has 2 rings (SSSR count). The summed E-state index contributed by atoms with van der Waals surface area (Å²) in [6.45, 7) is 3.83. The molecule has 2 N–H and O–H groups in total. The molecule has 0 aromatic heterocycles. The van der Waals surface area contributed by atoms with Crippen LogP contribution in [0.5, 0.6) is 0 Å². The topological polar surface area (TPSA) is 39.7 Å². The van der Waals surface area contributed by atoms with Crippen molar-refractivity contribution in [2.24, 2.45) is 4.99 Å². The van der Waals surface area contributed by atoms with E-state index >= 15 is 0 Å². The first-order valence-electron chi connectivity index (χ1n) is 9.40. The van der Waals surface area contributed by atoms with Crippen LogP contribution in [-0.4, -0.2) is 61.6 Å². The van der Waals surface area contributed by atoms with Crippen LogP contribution in [0.15, 0.2) is 35.3 Å². The minimum Gasteiger partial charge on any atom is -0.357 e. The highest BCUT2D eigenvalue weighted by Gasteiger charge is 2.24. The molecule has 3 unspecified atom stereocenters. The van der Waals surface area contributed by atoms with Crippen molar-refractivity contribution in [2.75, 3.05) is 33.4 Å². The molecule has 0 saturated heterocycles. The summed E-state index contributed by atoms with van der Waals surface area (Å²) in [5.41, 5.74) is 1.37. The molecule has 25 heavy (non-hydrogen) atoms. The number of benzene rings is 1. The van der Waals surface area contributed by atoms with Gasteiger partial charge >= 0.3 is 0 Å². The second-order valence-corrected chi connectivity index (χ2v) is 8.18. The van der Waals surface area contributed by atoms with Gasteiger partial charge in [0, 0.05) is 23.9 Å². The molecule has 1 saturated carbocycles. The van der Waals surface area contributed by atoms with E-state index in [-0.39, 0.29) is 0 Å². The minimum atomic E-state index is 0.403. The lowest BCUT2D eigenvalue weighted by Gasteiger charge is -2.24. The first-order valence-corrected chi connectivity index (χ1v) is 10.7. The van der Waals surface area contributed by atoms with Crippen LogP contribution in [0, 0.1) is 0 Å². The first-order chi connectivity index (χ1) is 12.1. The second kappa shape index (κ2) is 10.7. The summed E-state index contributed by atoms with van der Waals surface area (Å²) in [5.74, 6) is 0.967. The standard InChI is InChI=1S/C20H34N4S/c1-5-21-20(23-17-11-12-19(14-17)25-4)22-15-18(24(2)3)13-16-9-7-6-8-10-16/h6-10,17-19H,5,11-15H2,1-4H3,(H2,21,22,23). The summed E-state index contributed by atoms with van der Waals surface area (Å²) in [7, 11) is 4.28. The molecule has 140 valence electrons. The van der Waals surface area contributed by atoms with Gasteiger partial charge in [-0.15, -0.1) is 0 Å².